The molecule has 56 heavy (non-hydrogen) atoms. The second kappa shape index (κ2) is 17.3. The van der Waals surface area contributed by atoms with Crippen molar-refractivity contribution in [2.24, 2.45) is 5.92 Å². The molecule has 2 fully saturated rings. The van der Waals surface area contributed by atoms with Crippen LogP contribution in [0.5, 0.6) is 5.75 Å². The molecule has 4 rings (SSSR count). The van der Waals surface area contributed by atoms with E-state index in [9.17, 15) is 24.3 Å². The number of hydrogen-bond donors (Lipinski definition) is 2. The molecule has 1 aromatic carbocycles. The average Bonchev–Trinajstić information content (AvgIpc) is 3.78. The molecule has 0 unspecified atom stereocenters. The summed E-state index contributed by atoms with van der Waals surface area (Å²) in [5, 5.41) is 14.5. The van der Waals surface area contributed by atoms with Crippen LogP contribution < -0.4 is 15.0 Å². The predicted molar refractivity (Wildman–Crippen MR) is 217 cm³/mol. The number of thioether (sulfide) groups is 1. The highest BCUT2D eigenvalue weighted by molar-refractivity contribution is 8.01. The number of esters is 1. The Morgan fingerprint density at radius 3 is 2.46 bits per heavy atom. The highest BCUT2D eigenvalue weighted by atomic mass is 35.5. The van der Waals surface area contributed by atoms with Gasteiger partial charge in [0.2, 0.25) is 11.8 Å². The highest BCUT2D eigenvalue weighted by Crippen LogP contribution is 2.49. The van der Waals surface area contributed by atoms with Gasteiger partial charge in [-0.3, -0.25) is 14.9 Å². The second-order valence-corrected chi connectivity index (χ2v) is 20.0. The van der Waals surface area contributed by atoms with E-state index in [-0.39, 0.29) is 34.9 Å². The first-order chi connectivity index (χ1) is 25.8. The van der Waals surface area contributed by atoms with Crippen LogP contribution in [0.25, 0.3) is 0 Å². The number of carbonyl (C=O) groups is 4. The first-order valence-electron chi connectivity index (χ1n) is 18.9. The lowest BCUT2D eigenvalue weighted by atomic mass is 9.83. The molecule has 3 aliphatic heterocycles. The van der Waals surface area contributed by atoms with Crippen molar-refractivity contribution < 1.29 is 48.0 Å². The number of anilines is 1. The van der Waals surface area contributed by atoms with Gasteiger partial charge in [0.15, 0.2) is 5.72 Å². The van der Waals surface area contributed by atoms with E-state index in [1.807, 2.05) is 33.8 Å². The van der Waals surface area contributed by atoms with Crippen molar-refractivity contribution >= 4 is 52.9 Å². The fourth-order valence-corrected chi connectivity index (χ4v) is 9.74. The number of likely N-dealkylation sites (N-methyl/N-ethyl adjacent to an activating group) is 1. The maximum atomic E-state index is 14.2. The van der Waals surface area contributed by atoms with Crippen LogP contribution in [-0.4, -0.2) is 113 Å². The van der Waals surface area contributed by atoms with Gasteiger partial charge < -0.3 is 38.6 Å². The third-order valence-corrected chi connectivity index (χ3v) is 12.4. The lowest BCUT2D eigenvalue weighted by molar-refractivity contribution is -0.162. The van der Waals surface area contributed by atoms with Gasteiger partial charge in [0.25, 0.3) is 0 Å². The average molecular weight is 822 g/mol. The topological polar surface area (TPSA) is 156 Å². The summed E-state index contributed by atoms with van der Waals surface area (Å²) in [6.07, 6.45) is 1.14. The number of aliphatic hydroxyl groups is 1. The van der Waals surface area contributed by atoms with E-state index in [2.05, 4.69) is 26.1 Å². The number of benzene rings is 1. The number of epoxide rings is 1. The van der Waals surface area contributed by atoms with E-state index in [0.717, 1.165) is 11.1 Å². The quantitative estimate of drug-likeness (QED) is 0.227. The molecular weight excluding hydrogens is 762 g/mol. The van der Waals surface area contributed by atoms with E-state index in [1.165, 1.54) is 24.0 Å². The van der Waals surface area contributed by atoms with Crippen LogP contribution >= 0.6 is 23.4 Å². The third kappa shape index (κ3) is 10.6. The molecule has 0 saturated carbocycles. The van der Waals surface area contributed by atoms with Crippen molar-refractivity contribution in [2.75, 3.05) is 33.2 Å². The van der Waals surface area contributed by atoms with Gasteiger partial charge in [-0.05, 0) is 44.9 Å². The predicted octanol–water partition coefficient (Wildman–Crippen LogP) is 6.21. The highest BCUT2D eigenvalue weighted by Gasteiger charge is 2.64. The molecule has 1 aromatic rings. The number of nitrogens with zero attached hydrogens (tertiary/aromatic N) is 2. The number of fused-ring (bicyclic) bond motifs is 5. The summed E-state index contributed by atoms with van der Waals surface area (Å²) in [5.41, 5.74) is -0.915. The molecule has 8 atom stereocenters. The van der Waals surface area contributed by atoms with Crippen molar-refractivity contribution in [1.29, 1.82) is 0 Å². The summed E-state index contributed by atoms with van der Waals surface area (Å²) >= 11 is 8.47. The van der Waals surface area contributed by atoms with Gasteiger partial charge in [0.05, 0.1) is 25.3 Å². The van der Waals surface area contributed by atoms with Crippen molar-refractivity contribution in [3.8, 4) is 5.75 Å². The van der Waals surface area contributed by atoms with Crippen LogP contribution in [0.4, 0.5) is 10.5 Å². The van der Waals surface area contributed by atoms with E-state index in [0.29, 0.717) is 17.9 Å². The normalized spacial score (nSPS) is 30.8. The number of allylic oxidation sites excluding steroid dienone is 3. The number of halogens is 1. The molecule has 0 aliphatic carbocycles. The Bertz CT molecular complexity index is 1730. The molecular formula is C41H60ClN3O10S. The molecule has 0 aromatic heterocycles. The first kappa shape index (κ1) is 45.4. The fraction of sp³-hybridized carbons (Fsp3) is 0.659. The van der Waals surface area contributed by atoms with Gasteiger partial charge in [-0.25, -0.2) is 9.59 Å². The number of hydrogen-bond acceptors (Lipinski definition) is 11. The Kier molecular flexibility index (Phi) is 14.0. The summed E-state index contributed by atoms with van der Waals surface area (Å²) in [6.45, 7) is 17.3. The summed E-state index contributed by atoms with van der Waals surface area (Å²) in [5.74, 6) is -1.53. The molecule has 2 saturated heterocycles. The van der Waals surface area contributed by atoms with Gasteiger partial charge in [-0.15, -0.1) is 11.8 Å². The Labute approximate surface area is 340 Å². The van der Waals surface area contributed by atoms with Crippen molar-refractivity contribution in [3.63, 3.8) is 0 Å². The molecule has 13 nitrogen and oxygen atoms in total. The van der Waals surface area contributed by atoms with E-state index in [1.54, 1.807) is 64.0 Å². The van der Waals surface area contributed by atoms with Crippen LogP contribution in [0, 0.1) is 5.92 Å². The molecule has 3 aliphatic rings. The number of carbonyl (C=O) groups excluding carboxylic acids is 4. The van der Waals surface area contributed by atoms with E-state index < -0.39 is 70.4 Å². The van der Waals surface area contributed by atoms with Gasteiger partial charge in [0, 0.05) is 49.5 Å². The fourth-order valence-electron chi connectivity index (χ4n) is 7.57. The Morgan fingerprint density at radius 2 is 1.86 bits per heavy atom. The molecule has 4 bridgehead atoms. The SMILES string of the molecule is COc1cc2cc(c1Cl)N(C)C(=O)C[C@H](OC(=O)[C@H](C)N(C)C(=O)CC(C)(C)SC(C)(C)C)[C@]1(C)O[C@H]1[C@H](C)[C@@H]1C[C@@](O)(NC(=O)O1)[C@H](OC)/C=C/C=C(\C)C2. The lowest BCUT2D eigenvalue weighted by Gasteiger charge is -2.42. The van der Waals surface area contributed by atoms with Crippen LogP contribution in [0.3, 0.4) is 0 Å². The molecule has 0 spiro atoms. The molecule has 15 heteroatoms. The number of nitrogens with one attached hydrogen (secondary N) is 1. The monoisotopic (exact) mass is 821 g/mol. The smallest absolute Gasteiger partial charge is 0.409 e. The maximum Gasteiger partial charge on any atom is 0.409 e. The minimum absolute atomic E-state index is 0.0502. The van der Waals surface area contributed by atoms with Crippen molar-refractivity contribution in [1.82, 2.24) is 10.2 Å². The first-order valence-corrected chi connectivity index (χ1v) is 20.1. The number of alkyl carbamates (subject to hydrolysis) is 1. The van der Waals surface area contributed by atoms with Crippen LogP contribution in [0.2, 0.25) is 5.02 Å². The van der Waals surface area contributed by atoms with E-state index >= 15 is 0 Å². The zero-order chi connectivity index (χ0) is 42.1. The standard InChI is InChI=1S/C41H60ClN3O10S/c1-23-15-14-16-30(52-13)41(50)21-29(53-37(49)43-41)24(2)35-40(9,55-35)31(20-32(46)45(11)27-18-26(17-23)19-28(51-12)34(27)42)54-36(48)25(3)44(10)33(47)22-39(7,8)56-38(4,5)6/h14-16,18-19,24-25,29-31,35,50H,17,20-22H2,1-13H3,(H,43,49)/b16-14+,23-15+/t24-,25+,29+,30-,31+,35+,40+,41+/m1/s1. The molecule has 2 N–H and O–H groups in total. The van der Waals surface area contributed by atoms with Crippen molar-refractivity contribution in [3.05, 3.63) is 46.5 Å². The molecule has 312 valence electrons. The largest absolute Gasteiger partial charge is 0.495 e. The third-order valence-electron chi connectivity index (χ3n) is 10.7. The Morgan fingerprint density at radius 1 is 1.20 bits per heavy atom. The zero-order valence-electron chi connectivity index (χ0n) is 35.0. The molecule has 3 heterocycles. The van der Waals surface area contributed by atoms with E-state index in [4.69, 9.17) is 35.3 Å². The van der Waals surface area contributed by atoms with Crippen LogP contribution in [0.1, 0.15) is 87.1 Å². The Balaban J connectivity index is 1.72. The van der Waals surface area contributed by atoms with Gasteiger partial charge in [-0.2, -0.15) is 0 Å². The van der Waals surface area contributed by atoms with Gasteiger partial charge in [-0.1, -0.05) is 76.9 Å². The number of amides is 3. The summed E-state index contributed by atoms with van der Waals surface area (Å²) in [7, 11) is 6.08. The summed E-state index contributed by atoms with van der Waals surface area (Å²) in [4.78, 5) is 57.4. The second-order valence-electron chi connectivity index (χ2n) is 17.1. The molecule has 3 amide bonds. The minimum Gasteiger partial charge on any atom is -0.495 e. The van der Waals surface area contributed by atoms with Crippen LogP contribution in [0.15, 0.2) is 35.9 Å². The van der Waals surface area contributed by atoms with Gasteiger partial charge in [0.1, 0.15) is 40.7 Å². The Hall–Kier alpha value is -3.30. The molecule has 0 radical (unpaired) electrons. The number of methoxy groups -OCH3 is 2. The number of rotatable bonds is 8. The summed E-state index contributed by atoms with van der Waals surface area (Å²) < 4.78 is 28.9. The lowest BCUT2D eigenvalue weighted by Crippen LogP contribution is -2.63. The van der Waals surface area contributed by atoms with Gasteiger partial charge >= 0.3 is 12.1 Å². The maximum absolute atomic E-state index is 14.2. The number of ether oxygens (including phenoxy) is 5. The zero-order valence-corrected chi connectivity index (χ0v) is 36.6. The minimum atomic E-state index is -1.83. The summed E-state index contributed by atoms with van der Waals surface area (Å²) in [6, 6.07) is 2.61. The van der Waals surface area contributed by atoms with Crippen LogP contribution in [-0.2, 0) is 39.8 Å². The van der Waals surface area contributed by atoms with Crippen molar-refractivity contribution in [2.45, 2.75) is 139 Å².